The molecule has 2 aromatic carbocycles. The monoisotopic (exact) mass is 313 g/mol. The Morgan fingerprint density at radius 3 is 2.00 bits per heavy atom. The third kappa shape index (κ3) is 5.14. The minimum Gasteiger partial charge on any atom is -0.497 e. The lowest BCUT2D eigenvalue weighted by Gasteiger charge is -2.07. The molecule has 0 spiro atoms. The quantitative estimate of drug-likeness (QED) is 0.833. The van der Waals surface area contributed by atoms with Crippen molar-refractivity contribution in [3.63, 3.8) is 0 Å². The van der Waals surface area contributed by atoms with Crippen LogP contribution in [0, 0.1) is 0 Å². The van der Waals surface area contributed by atoms with Gasteiger partial charge in [0.15, 0.2) is 0 Å². The minimum atomic E-state index is -0.290. The second-order valence-electron chi connectivity index (χ2n) is 5.02. The Kier molecular flexibility index (Phi) is 5.74. The lowest BCUT2D eigenvalue weighted by molar-refractivity contribution is -0.139. The molecule has 1 amide bonds. The topological polar surface area (TPSA) is 64.6 Å². The van der Waals surface area contributed by atoms with Gasteiger partial charge in [-0.2, -0.15) is 0 Å². The second-order valence-corrected chi connectivity index (χ2v) is 5.02. The van der Waals surface area contributed by atoms with Crippen molar-refractivity contribution in [2.24, 2.45) is 0 Å². The molecule has 0 radical (unpaired) electrons. The van der Waals surface area contributed by atoms with E-state index in [1.165, 1.54) is 7.11 Å². The molecule has 0 aliphatic rings. The largest absolute Gasteiger partial charge is 0.497 e. The maximum Gasteiger partial charge on any atom is 0.309 e. The first-order valence-electron chi connectivity index (χ1n) is 7.19. The molecule has 23 heavy (non-hydrogen) atoms. The molecule has 120 valence electrons. The molecule has 0 saturated carbocycles. The van der Waals surface area contributed by atoms with Crippen LogP contribution in [0.25, 0.3) is 0 Å². The number of hydrogen-bond acceptors (Lipinski definition) is 4. The third-order valence-corrected chi connectivity index (χ3v) is 3.34. The van der Waals surface area contributed by atoms with Crippen LogP contribution in [0.15, 0.2) is 48.5 Å². The average Bonchev–Trinajstić information content (AvgIpc) is 2.57. The van der Waals surface area contributed by atoms with E-state index in [1.807, 2.05) is 24.3 Å². The summed E-state index contributed by atoms with van der Waals surface area (Å²) in [5, 5.41) is 2.83. The van der Waals surface area contributed by atoms with Crippen molar-refractivity contribution in [1.82, 2.24) is 0 Å². The molecule has 0 aromatic heterocycles. The normalized spacial score (nSPS) is 10.0. The number of nitrogens with one attached hydrogen (secondary N) is 1. The molecule has 5 nitrogen and oxygen atoms in total. The highest BCUT2D eigenvalue weighted by Crippen LogP contribution is 2.14. The fourth-order valence-electron chi connectivity index (χ4n) is 2.08. The molecule has 5 heteroatoms. The third-order valence-electron chi connectivity index (χ3n) is 3.34. The first kappa shape index (κ1) is 16.5. The highest BCUT2D eigenvalue weighted by Gasteiger charge is 2.06. The zero-order valence-electron chi connectivity index (χ0n) is 13.2. The first-order valence-corrected chi connectivity index (χ1v) is 7.19. The van der Waals surface area contributed by atoms with E-state index in [1.54, 1.807) is 31.4 Å². The Labute approximate surface area is 135 Å². The Morgan fingerprint density at radius 2 is 1.43 bits per heavy atom. The molecular formula is C18H19NO4. The lowest BCUT2D eigenvalue weighted by Crippen LogP contribution is -2.14. The summed E-state index contributed by atoms with van der Waals surface area (Å²) in [5.41, 5.74) is 2.44. The van der Waals surface area contributed by atoms with Gasteiger partial charge < -0.3 is 14.8 Å². The molecule has 0 aliphatic heterocycles. The highest BCUT2D eigenvalue weighted by atomic mass is 16.5. The number of carbonyl (C=O) groups excluding carboxylic acids is 2. The summed E-state index contributed by atoms with van der Waals surface area (Å²) in [5.74, 6) is 0.368. The van der Waals surface area contributed by atoms with Gasteiger partial charge in [-0.3, -0.25) is 9.59 Å². The zero-order chi connectivity index (χ0) is 16.7. The summed E-state index contributed by atoms with van der Waals surface area (Å²) in [6.07, 6.45) is 0.504. The number of hydrogen-bond donors (Lipinski definition) is 1. The van der Waals surface area contributed by atoms with Crippen LogP contribution in [0.2, 0.25) is 0 Å². The van der Waals surface area contributed by atoms with Gasteiger partial charge >= 0.3 is 5.97 Å². The number of ether oxygens (including phenoxy) is 2. The summed E-state index contributed by atoms with van der Waals surface area (Å²) < 4.78 is 9.70. The van der Waals surface area contributed by atoms with Crippen molar-refractivity contribution in [3.05, 3.63) is 59.7 Å². The standard InChI is InChI=1S/C18H19NO4/c1-22-16-9-5-13(6-10-16)11-17(20)19-15-7-3-14(4-8-15)12-18(21)23-2/h3-10H,11-12H2,1-2H3,(H,19,20). The van der Waals surface area contributed by atoms with E-state index >= 15 is 0 Å². The van der Waals surface area contributed by atoms with Crippen molar-refractivity contribution in [2.45, 2.75) is 12.8 Å². The van der Waals surface area contributed by atoms with Gasteiger partial charge in [-0.25, -0.2) is 0 Å². The molecule has 0 heterocycles. The highest BCUT2D eigenvalue weighted by molar-refractivity contribution is 5.92. The molecule has 0 unspecified atom stereocenters. The van der Waals surface area contributed by atoms with Crippen molar-refractivity contribution in [2.75, 3.05) is 19.5 Å². The zero-order valence-corrected chi connectivity index (χ0v) is 13.2. The van der Waals surface area contributed by atoms with Gasteiger partial charge in [0.05, 0.1) is 27.1 Å². The van der Waals surface area contributed by atoms with Crippen LogP contribution in [0.3, 0.4) is 0 Å². The average molecular weight is 313 g/mol. The van der Waals surface area contributed by atoms with Crippen LogP contribution < -0.4 is 10.1 Å². The minimum absolute atomic E-state index is 0.101. The van der Waals surface area contributed by atoms with Gasteiger partial charge in [0.2, 0.25) is 5.91 Å². The van der Waals surface area contributed by atoms with Gasteiger partial charge in [0.1, 0.15) is 5.75 Å². The molecule has 0 atom stereocenters. The fourth-order valence-corrected chi connectivity index (χ4v) is 2.08. The van der Waals surface area contributed by atoms with E-state index in [0.29, 0.717) is 5.69 Å². The molecule has 0 fully saturated rings. The Hall–Kier alpha value is -2.82. The maximum atomic E-state index is 12.0. The van der Waals surface area contributed by atoms with Gasteiger partial charge in [-0.15, -0.1) is 0 Å². The maximum absolute atomic E-state index is 12.0. The Balaban J connectivity index is 1.90. The number of methoxy groups -OCH3 is 2. The van der Waals surface area contributed by atoms with Crippen molar-refractivity contribution in [1.29, 1.82) is 0 Å². The van der Waals surface area contributed by atoms with Crippen molar-refractivity contribution in [3.8, 4) is 5.75 Å². The summed E-state index contributed by atoms with van der Waals surface area (Å²) in [7, 11) is 2.96. The Morgan fingerprint density at radius 1 is 0.870 bits per heavy atom. The van der Waals surface area contributed by atoms with Gasteiger partial charge in [0.25, 0.3) is 0 Å². The van der Waals surface area contributed by atoms with Gasteiger partial charge in [-0.05, 0) is 35.4 Å². The number of anilines is 1. The van der Waals surface area contributed by atoms with Crippen LogP contribution >= 0.6 is 0 Å². The second kappa shape index (κ2) is 7.98. The van der Waals surface area contributed by atoms with E-state index in [4.69, 9.17) is 4.74 Å². The smallest absolute Gasteiger partial charge is 0.309 e. The SMILES string of the molecule is COC(=O)Cc1ccc(NC(=O)Cc2ccc(OC)cc2)cc1. The van der Waals surface area contributed by atoms with Crippen LogP contribution in [0.4, 0.5) is 5.69 Å². The number of benzene rings is 2. The summed E-state index contributed by atoms with van der Waals surface area (Å²) in [6.45, 7) is 0. The van der Waals surface area contributed by atoms with E-state index in [-0.39, 0.29) is 24.7 Å². The van der Waals surface area contributed by atoms with Crippen LogP contribution in [-0.4, -0.2) is 26.1 Å². The predicted octanol–water partition coefficient (Wildman–Crippen LogP) is 2.59. The van der Waals surface area contributed by atoms with Crippen LogP contribution in [-0.2, 0) is 27.2 Å². The number of rotatable bonds is 6. The number of amides is 1. The molecule has 0 saturated heterocycles. The summed E-state index contributed by atoms with van der Waals surface area (Å²) in [4.78, 5) is 23.2. The van der Waals surface area contributed by atoms with E-state index < -0.39 is 0 Å². The fraction of sp³-hybridized carbons (Fsp3) is 0.222. The lowest BCUT2D eigenvalue weighted by atomic mass is 10.1. The van der Waals surface area contributed by atoms with Gasteiger partial charge in [-0.1, -0.05) is 24.3 Å². The Bertz CT molecular complexity index is 662. The van der Waals surface area contributed by atoms with Crippen molar-refractivity contribution >= 4 is 17.6 Å². The molecule has 2 rings (SSSR count). The van der Waals surface area contributed by atoms with Crippen molar-refractivity contribution < 1.29 is 19.1 Å². The predicted molar refractivity (Wildman–Crippen MR) is 87.5 cm³/mol. The number of esters is 1. The molecule has 0 aliphatic carbocycles. The van der Waals surface area contributed by atoms with Gasteiger partial charge in [0, 0.05) is 5.69 Å². The summed E-state index contributed by atoms with van der Waals surface area (Å²) in [6, 6.07) is 14.5. The molecule has 0 bridgehead atoms. The van der Waals surface area contributed by atoms with E-state index in [9.17, 15) is 9.59 Å². The first-order chi connectivity index (χ1) is 11.1. The molecular weight excluding hydrogens is 294 g/mol. The molecule has 1 N–H and O–H groups in total. The molecule has 2 aromatic rings. The van der Waals surface area contributed by atoms with E-state index in [0.717, 1.165) is 16.9 Å². The van der Waals surface area contributed by atoms with Crippen LogP contribution in [0.5, 0.6) is 5.75 Å². The van der Waals surface area contributed by atoms with Crippen LogP contribution in [0.1, 0.15) is 11.1 Å². The summed E-state index contributed by atoms with van der Waals surface area (Å²) >= 11 is 0. The number of carbonyl (C=O) groups is 2. The van der Waals surface area contributed by atoms with E-state index in [2.05, 4.69) is 10.1 Å².